The number of rotatable bonds is 6. The highest BCUT2D eigenvalue weighted by atomic mass is 19.1. The molecular formula is C24H18F2N2O4. The molecule has 32 heavy (non-hydrogen) atoms. The van der Waals surface area contributed by atoms with Crippen molar-refractivity contribution < 1.29 is 27.8 Å². The number of carbonyl (C=O) groups excluding carboxylic acids is 2. The Hall–Kier alpha value is -4.20. The number of carbonyl (C=O) groups is 2. The van der Waals surface area contributed by atoms with Crippen LogP contribution in [0.4, 0.5) is 20.2 Å². The molecule has 1 aliphatic heterocycles. The summed E-state index contributed by atoms with van der Waals surface area (Å²) in [6.07, 6.45) is 0. The van der Waals surface area contributed by atoms with E-state index in [0.29, 0.717) is 22.7 Å². The van der Waals surface area contributed by atoms with E-state index >= 15 is 0 Å². The lowest BCUT2D eigenvalue weighted by molar-refractivity contribution is -0.120. The van der Waals surface area contributed by atoms with Crippen LogP contribution in [0.3, 0.4) is 0 Å². The average Bonchev–Trinajstić information content (AvgIpc) is 3.04. The van der Waals surface area contributed by atoms with Crippen LogP contribution in [0.25, 0.3) is 5.57 Å². The lowest BCUT2D eigenvalue weighted by Gasteiger charge is -2.15. The summed E-state index contributed by atoms with van der Waals surface area (Å²) in [5, 5.41) is 2.93. The monoisotopic (exact) mass is 436 g/mol. The minimum atomic E-state index is -0.629. The van der Waals surface area contributed by atoms with Crippen molar-refractivity contribution in [2.24, 2.45) is 0 Å². The first-order chi connectivity index (χ1) is 15.4. The van der Waals surface area contributed by atoms with Crippen LogP contribution in [0, 0.1) is 11.6 Å². The van der Waals surface area contributed by atoms with E-state index in [4.69, 9.17) is 9.47 Å². The second kappa shape index (κ2) is 8.50. The van der Waals surface area contributed by atoms with Gasteiger partial charge in [0.15, 0.2) is 11.5 Å². The zero-order valence-corrected chi connectivity index (χ0v) is 17.2. The van der Waals surface area contributed by atoms with E-state index in [2.05, 4.69) is 5.32 Å². The number of ether oxygens (including phenoxy) is 2. The predicted octanol–water partition coefficient (Wildman–Crippen LogP) is 4.38. The molecule has 0 saturated carbocycles. The Labute approximate surface area is 182 Å². The lowest BCUT2D eigenvalue weighted by Crippen LogP contribution is -2.32. The number of anilines is 2. The largest absolute Gasteiger partial charge is 0.493 e. The maximum absolute atomic E-state index is 13.4. The van der Waals surface area contributed by atoms with Crippen molar-refractivity contribution in [2.75, 3.05) is 24.4 Å². The standard InChI is InChI=1S/C24H18F2N2O4/c1-31-19-12-3-14(13-20(19)32-2)21-22(27-17-8-4-15(25)5-9-17)24(30)28(23(21)29)18-10-6-16(26)7-11-18/h3-13,27H,1-2H3. The molecular weight excluding hydrogens is 418 g/mol. The number of methoxy groups -OCH3 is 2. The SMILES string of the molecule is COc1ccc(C2=C(Nc3ccc(F)cc3)C(=O)N(c3ccc(F)cc3)C2=O)cc1OC. The number of amides is 2. The number of hydrogen-bond donors (Lipinski definition) is 1. The molecule has 1 N–H and O–H groups in total. The molecule has 0 saturated heterocycles. The van der Waals surface area contributed by atoms with Gasteiger partial charge in [0.25, 0.3) is 11.8 Å². The van der Waals surface area contributed by atoms with Crippen molar-refractivity contribution >= 4 is 28.8 Å². The van der Waals surface area contributed by atoms with Gasteiger partial charge < -0.3 is 14.8 Å². The van der Waals surface area contributed by atoms with Crippen molar-refractivity contribution in [3.8, 4) is 11.5 Å². The topological polar surface area (TPSA) is 67.9 Å². The molecule has 1 aliphatic rings. The Morgan fingerprint density at radius 1 is 0.750 bits per heavy atom. The molecule has 8 heteroatoms. The van der Waals surface area contributed by atoms with Gasteiger partial charge >= 0.3 is 0 Å². The van der Waals surface area contributed by atoms with E-state index in [1.807, 2.05) is 0 Å². The van der Waals surface area contributed by atoms with Gasteiger partial charge in [0.1, 0.15) is 17.3 Å². The Kier molecular flexibility index (Phi) is 5.59. The number of benzene rings is 3. The summed E-state index contributed by atoms with van der Waals surface area (Å²) in [6, 6.07) is 15.2. The number of hydrogen-bond acceptors (Lipinski definition) is 5. The summed E-state index contributed by atoms with van der Waals surface area (Å²) < 4.78 is 37.3. The van der Waals surface area contributed by atoms with Gasteiger partial charge in [0, 0.05) is 5.69 Å². The van der Waals surface area contributed by atoms with E-state index < -0.39 is 23.4 Å². The molecule has 0 spiro atoms. The lowest BCUT2D eigenvalue weighted by atomic mass is 10.0. The first-order valence-corrected chi connectivity index (χ1v) is 9.56. The summed E-state index contributed by atoms with van der Waals surface area (Å²) >= 11 is 0. The number of halogens is 2. The molecule has 0 radical (unpaired) electrons. The quantitative estimate of drug-likeness (QED) is 0.581. The predicted molar refractivity (Wildman–Crippen MR) is 115 cm³/mol. The van der Waals surface area contributed by atoms with Crippen molar-refractivity contribution in [1.29, 1.82) is 0 Å². The average molecular weight is 436 g/mol. The van der Waals surface area contributed by atoms with Gasteiger partial charge in [-0.15, -0.1) is 0 Å². The molecule has 3 aromatic carbocycles. The van der Waals surface area contributed by atoms with Gasteiger partial charge in [-0.1, -0.05) is 6.07 Å². The number of imide groups is 1. The fourth-order valence-corrected chi connectivity index (χ4v) is 3.41. The summed E-state index contributed by atoms with van der Waals surface area (Å²) in [5.41, 5.74) is 1.13. The van der Waals surface area contributed by atoms with Crippen molar-refractivity contribution in [3.05, 3.63) is 89.6 Å². The number of nitrogens with one attached hydrogen (secondary N) is 1. The van der Waals surface area contributed by atoms with Crippen molar-refractivity contribution in [2.45, 2.75) is 0 Å². The molecule has 0 atom stereocenters. The van der Waals surface area contributed by atoms with E-state index in [0.717, 1.165) is 17.0 Å². The molecule has 4 rings (SSSR count). The Balaban J connectivity index is 1.84. The summed E-state index contributed by atoms with van der Waals surface area (Å²) in [7, 11) is 2.94. The summed E-state index contributed by atoms with van der Waals surface area (Å²) in [6.45, 7) is 0. The zero-order valence-electron chi connectivity index (χ0n) is 17.2. The third-order valence-corrected chi connectivity index (χ3v) is 4.95. The zero-order chi connectivity index (χ0) is 22.8. The molecule has 0 aliphatic carbocycles. The Bertz CT molecular complexity index is 1220. The van der Waals surface area contributed by atoms with Gasteiger partial charge in [-0.3, -0.25) is 9.59 Å². The Morgan fingerprint density at radius 3 is 1.94 bits per heavy atom. The first-order valence-electron chi connectivity index (χ1n) is 9.56. The molecule has 162 valence electrons. The van der Waals surface area contributed by atoms with Gasteiger partial charge in [-0.2, -0.15) is 0 Å². The van der Waals surface area contributed by atoms with E-state index in [1.54, 1.807) is 18.2 Å². The van der Waals surface area contributed by atoms with Crippen molar-refractivity contribution in [1.82, 2.24) is 0 Å². The van der Waals surface area contributed by atoms with Crippen LogP contribution in [0.5, 0.6) is 11.5 Å². The molecule has 1 heterocycles. The molecule has 0 aromatic heterocycles. The van der Waals surface area contributed by atoms with Gasteiger partial charge in [-0.25, -0.2) is 13.7 Å². The molecule has 0 unspecified atom stereocenters. The van der Waals surface area contributed by atoms with Gasteiger partial charge in [0.2, 0.25) is 0 Å². The van der Waals surface area contributed by atoms with Crippen LogP contribution in [0.2, 0.25) is 0 Å². The maximum atomic E-state index is 13.4. The minimum Gasteiger partial charge on any atom is -0.493 e. The Morgan fingerprint density at radius 2 is 1.34 bits per heavy atom. The van der Waals surface area contributed by atoms with Crippen LogP contribution in [0.1, 0.15) is 5.56 Å². The van der Waals surface area contributed by atoms with Crippen LogP contribution in [-0.2, 0) is 9.59 Å². The number of nitrogens with zero attached hydrogens (tertiary/aromatic N) is 1. The van der Waals surface area contributed by atoms with Crippen LogP contribution in [-0.4, -0.2) is 26.0 Å². The second-order valence-electron chi connectivity index (χ2n) is 6.87. The molecule has 0 fully saturated rings. The molecule has 6 nitrogen and oxygen atoms in total. The summed E-state index contributed by atoms with van der Waals surface area (Å²) in [4.78, 5) is 27.6. The third kappa shape index (κ3) is 3.78. The van der Waals surface area contributed by atoms with E-state index in [-0.39, 0.29) is 17.0 Å². The van der Waals surface area contributed by atoms with E-state index in [9.17, 15) is 18.4 Å². The highest BCUT2D eigenvalue weighted by Crippen LogP contribution is 2.37. The van der Waals surface area contributed by atoms with Crippen LogP contribution < -0.4 is 19.7 Å². The maximum Gasteiger partial charge on any atom is 0.282 e. The van der Waals surface area contributed by atoms with Crippen LogP contribution in [0.15, 0.2) is 72.4 Å². The second-order valence-corrected chi connectivity index (χ2v) is 6.87. The first kappa shape index (κ1) is 21.0. The fraction of sp³-hybridized carbons (Fsp3) is 0.0833. The molecule has 2 amide bonds. The highest BCUT2D eigenvalue weighted by Gasteiger charge is 2.40. The molecule has 0 bridgehead atoms. The van der Waals surface area contributed by atoms with Gasteiger partial charge in [0.05, 0.1) is 25.5 Å². The molecule has 3 aromatic rings. The van der Waals surface area contributed by atoms with Gasteiger partial charge in [-0.05, 0) is 66.2 Å². The smallest absolute Gasteiger partial charge is 0.282 e. The van der Waals surface area contributed by atoms with Crippen LogP contribution >= 0.6 is 0 Å². The van der Waals surface area contributed by atoms with Crippen molar-refractivity contribution in [3.63, 3.8) is 0 Å². The fourth-order valence-electron chi connectivity index (χ4n) is 3.41. The summed E-state index contributed by atoms with van der Waals surface area (Å²) in [5.74, 6) is -1.33. The minimum absolute atomic E-state index is 0.00171. The third-order valence-electron chi connectivity index (χ3n) is 4.95. The normalized spacial score (nSPS) is 13.6. The van der Waals surface area contributed by atoms with E-state index in [1.165, 1.54) is 50.6 Å². The highest BCUT2D eigenvalue weighted by molar-refractivity contribution is 6.46.